The van der Waals surface area contributed by atoms with Crippen molar-refractivity contribution < 1.29 is 19.1 Å². The summed E-state index contributed by atoms with van der Waals surface area (Å²) in [5.74, 6) is 0.258. The van der Waals surface area contributed by atoms with Crippen molar-refractivity contribution in [3.8, 4) is 11.5 Å². The van der Waals surface area contributed by atoms with Crippen LogP contribution < -0.4 is 20.3 Å². The summed E-state index contributed by atoms with van der Waals surface area (Å²) in [6, 6.07) is 8.27. The third-order valence-electron chi connectivity index (χ3n) is 4.15. The number of nitrogens with one attached hydrogen (secondary N) is 3. The first kappa shape index (κ1) is 16.9. The lowest BCUT2D eigenvalue weighted by molar-refractivity contribution is 0.0844. The van der Waals surface area contributed by atoms with Crippen LogP contribution in [0.25, 0.3) is 0 Å². The molecule has 0 radical (unpaired) electrons. The monoisotopic (exact) mass is 343 g/mol. The normalized spacial score (nSPS) is 14.1. The van der Waals surface area contributed by atoms with Crippen molar-refractivity contribution in [1.82, 2.24) is 15.8 Å². The van der Waals surface area contributed by atoms with Crippen LogP contribution in [-0.4, -0.2) is 30.0 Å². The van der Waals surface area contributed by atoms with Crippen LogP contribution in [0, 0.1) is 0 Å². The predicted molar refractivity (Wildman–Crippen MR) is 91.6 cm³/mol. The number of hydrazine groups is 1. The molecule has 3 N–H and O–H groups in total. The molecule has 1 fully saturated rings. The zero-order valence-electron chi connectivity index (χ0n) is 14.0. The summed E-state index contributed by atoms with van der Waals surface area (Å²) in [6.45, 7) is 0. The third-order valence-corrected chi connectivity index (χ3v) is 4.15. The molecule has 1 aliphatic carbocycles. The number of carbonyl (C=O) groups excluding carboxylic acids is 2. The Morgan fingerprint density at radius 3 is 2.52 bits per heavy atom. The fourth-order valence-electron chi connectivity index (χ4n) is 2.82. The summed E-state index contributed by atoms with van der Waals surface area (Å²) in [4.78, 5) is 26.8. The Balaban J connectivity index is 1.63. The zero-order valence-corrected chi connectivity index (χ0v) is 14.0. The molecule has 3 rings (SSSR count). The van der Waals surface area contributed by atoms with Crippen LogP contribution in [0.1, 0.15) is 46.5 Å². The van der Waals surface area contributed by atoms with E-state index in [-0.39, 0.29) is 6.10 Å². The van der Waals surface area contributed by atoms with Crippen LogP contribution in [0.15, 0.2) is 36.5 Å². The van der Waals surface area contributed by atoms with Gasteiger partial charge in [-0.1, -0.05) is 0 Å². The molecule has 2 aromatic rings. The molecule has 1 aliphatic rings. The topological polar surface area (TPSA) is 92.5 Å². The lowest BCUT2D eigenvalue weighted by atomic mass is 10.2. The summed E-state index contributed by atoms with van der Waals surface area (Å²) < 4.78 is 11.3. The van der Waals surface area contributed by atoms with Gasteiger partial charge in [0.1, 0.15) is 5.69 Å². The number of hydrogen-bond acceptors (Lipinski definition) is 4. The molecule has 0 atom stereocenters. The molecule has 0 unspecified atom stereocenters. The van der Waals surface area contributed by atoms with Crippen LogP contribution in [0.3, 0.4) is 0 Å². The molecule has 1 saturated carbocycles. The Kier molecular flexibility index (Phi) is 5.23. The van der Waals surface area contributed by atoms with Gasteiger partial charge in [0, 0.05) is 11.8 Å². The molecule has 1 aromatic heterocycles. The first-order valence-electron chi connectivity index (χ1n) is 8.26. The molecule has 1 aromatic carbocycles. The fourth-order valence-corrected chi connectivity index (χ4v) is 2.82. The van der Waals surface area contributed by atoms with Gasteiger partial charge in [0.05, 0.1) is 13.2 Å². The molecule has 7 nitrogen and oxygen atoms in total. The van der Waals surface area contributed by atoms with E-state index in [0.29, 0.717) is 22.8 Å². The number of methoxy groups -OCH3 is 1. The average Bonchev–Trinajstić information content (AvgIpc) is 3.33. The van der Waals surface area contributed by atoms with Gasteiger partial charge in [-0.25, -0.2) is 0 Å². The van der Waals surface area contributed by atoms with Crippen LogP contribution in [0.4, 0.5) is 0 Å². The van der Waals surface area contributed by atoms with Gasteiger partial charge in [0.2, 0.25) is 0 Å². The summed E-state index contributed by atoms with van der Waals surface area (Å²) in [6.07, 6.45) is 6.26. The maximum atomic E-state index is 12.2. The molecule has 25 heavy (non-hydrogen) atoms. The minimum absolute atomic E-state index is 0.202. The van der Waals surface area contributed by atoms with E-state index in [4.69, 9.17) is 9.47 Å². The fraction of sp³-hybridized carbons (Fsp3) is 0.333. The molecular formula is C18H21N3O4. The van der Waals surface area contributed by atoms with E-state index in [1.54, 1.807) is 36.5 Å². The van der Waals surface area contributed by atoms with Gasteiger partial charge in [0.15, 0.2) is 11.5 Å². The molecule has 132 valence electrons. The second-order valence-corrected chi connectivity index (χ2v) is 5.88. The molecule has 0 aliphatic heterocycles. The van der Waals surface area contributed by atoms with E-state index < -0.39 is 11.8 Å². The number of benzene rings is 1. The molecule has 7 heteroatoms. The standard InChI is InChI=1S/C18H21N3O4/c1-24-16-11-12(8-9-15(16)25-13-5-2-3-6-13)17(22)20-21-18(23)14-7-4-10-19-14/h4,7-11,13,19H,2-3,5-6H2,1H3,(H,20,22)(H,21,23). The second kappa shape index (κ2) is 7.74. The van der Waals surface area contributed by atoms with Crippen molar-refractivity contribution in [1.29, 1.82) is 0 Å². The molecule has 2 amide bonds. The van der Waals surface area contributed by atoms with E-state index >= 15 is 0 Å². The van der Waals surface area contributed by atoms with E-state index in [1.165, 1.54) is 20.0 Å². The van der Waals surface area contributed by atoms with Crippen LogP contribution in [0.2, 0.25) is 0 Å². The third kappa shape index (κ3) is 4.12. The maximum absolute atomic E-state index is 12.2. The van der Waals surface area contributed by atoms with Gasteiger partial charge in [-0.2, -0.15) is 0 Å². The highest BCUT2D eigenvalue weighted by atomic mass is 16.5. The van der Waals surface area contributed by atoms with Crippen molar-refractivity contribution in [2.75, 3.05) is 7.11 Å². The van der Waals surface area contributed by atoms with Crippen LogP contribution >= 0.6 is 0 Å². The number of hydrogen-bond donors (Lipinski definition) is 3. The Morgan fingerprint density at radius 2 is 1.84 bits per heavy atom. The molecule has 1 heterocycles. The van der Waals surface area contributed by atoms with Crippen LogP contribution in [-0.2, 0) is 0 Å². The summed E-state index contributed by atoms with van der Waals surface area (Å²) in [5, 5.41) is 0. The van der Waals surface area contributed by atoms with Crippen molar-refractivity contribution in [2.24, 2.45) is 0 Å². The Morgan fingerprint density at radius 1 is 1.08 bits per heavy atom. The number of aromatic nitrogens is 1. The van der Waals surface area contributed by atoms with E-state index in [1.807, 2.05) is 0 Å². The summed E-state index contributed by atoms with van der Waals surface area (Å²) in [7, 11) is 1.53. The molecule has 0 bridgehead atoms. The van der Waals surface area contributed by atoms with Crippen molar-refractivity contribution in [2.45, 2.75) is 31.8 Å². The lowest BCUT2D eigenvalue weighted by Crippen LogP contribution is -2.41. The quantitative estimate of drug-likeness (QED) is 0.727. The summed E-state index contributed by atoms with van der Waals surface area (Å²) >= 11 is 0. The SMILES string of the molecule is COc1cc(C(=O)NNC(=O)c2ccc[nH]2)ccc1OC1CCCC1. The highest BCUT2D eigenvalue weighted by molar-refractivity contribution is 5.98. The predicted octanol–water partition coefficient (Wildman–Crippen LogP) is 2.42. The molecule has 0 saturated heterocycles. The number of ether oxygens (including phenoxy) is 2. The molecular weight excluding hydrogens is 322 g/mol. The minimum Gasteiger partial charge on any atom is -0.493 e. The maximum Gasteiger partial charge on any atom is 0.286 e. The van der Waals surface area contributed by atoms with Gasteiger partial charge in [-0.05, 0) is 56.0 Å². The van der Waals surface area contributed by atoms with Gasteiger partial charge >= 0.3 is 0 Å². The number of H-pyrrole nitrogens is 1. The van der Waals surface area contributed by atoms with Crippen molar-refractivity contribution in [3.63, 3.8) is 0 Å². The Labute approximate surface area is 145 Å². The van der Waals surface area contributed by atoms with E-state index in [0.717, 1.165) is 12.8 Å². The van der Waals surface area contributed by atoms with Gasteiger partial charge in [-0.3, -0.25) is 20.4 Å². The smallest absolute Gasteiger partial charge is 0.286 e. The zero-order chi connectivity index (χ0) is 17.6. The number of amides is 2. The number of carbonyl (C=O) groups is 2. The van der Waals surface area contributed by atoms with Crippen molar-refractivity contribution >= 4 is 11.8 Å². The van der Waals surface area contributed by atoms with E-state index in [9.17, 15) is 9.59 Å². The molecule has 0 spiro atoms. The average molecular weight is 343 g/mol. The van der Waals surface area contributed by atoms with Crippen LogP contribution in [0.5, 0.6) is 11.5 Å². The lowest BCUT2D eigenvalue weighted by Gasteiger charge is -2.16. The number of aromatic amines is 1. The van der Waals surface area contributed by atoms with Crippen molar-refractivity contribution in [3.05, 3.63) is 47.8 Å². The largest absolute Gasteiger partial charge is 0.493 e. The first-order chi connectivity index (χ1) is 12.2. The Hall–Kier alpha value is -2.96. The first-order valence-corrected chi connectivity index (χ1v) is 8.26. The Bertz CT molecular complexity index is 737. The number of rotatable bonds is 5. The highest BCUT2D eigenvalue weighted by Gasteiger charge is 2.19. The van der Waals surface area contributed by atoms with Gasteiger partial charge < -0.3 is 14.5 Å². The minimum atomic E-state index is -0.439. The second-order valence-electron chi connectivity index (χ2n) is 5.88. The highest BCUT2D eigenvalue weighted by Crippen LogP contribution is 2.32. The summed E-state index contributed by atoms with van der Waals surface area (Å²) in [5.41, 5.74) is 5.45. The van der Waals surface area contributed by atoms with Gasteiger partial charge in [0.25, 0.3) is 11.8 Å². The van der Waals surface area contributed by atoms with Gasteiger partial charge in [-0.15, -0.1) is 0 Å². The van der Waals surface area contributed by atoms with E-state index in [2.05, 4.69) is 15.8 Å².